The van der Waals surface area contributed by atoms with E-state index in [-0.39, 0.29) is 5.91 Å². The van der Waals surface area contributed by atoms with Crippen molar-refractivity contribution < 1.29 is 9.53 Å². The van der Waals surface area contributed by atoms with Gasteiger partial charge < -0.3 is 9.64 Å². The molecule has 0 aliphatic rings. The average molecular weight is 403 g/mol. The first-order valence-electron chi connectivity index (χ1n) is 9.32. The van der Waals surface area contributed by atoms with Crippen molar-refractivity contribution in [2.24, 2.45) is 0 Å². The zero-order chi connectivity index (χ0) is 20.5. The highest BCUT2D eigenvalue weighted by atomic mass is 32.1. The lowest BCUT2D eigenvalue weighted by Crippen LogP contribution is -2.28. The Morgan fingerprint density at radius 3 is 2.69 bits per heavy atom. The molecule has 2 aromatic carbocycles. The highest BCUT2D eigenvalue weighted by Crippen LogP contribution is 2.26. The SMILES string of the molecule is CN(CCC#N)C(=O)/C(=C/c1cccc(OCc2ccccc2)c1)c1cccs1. The lowest BCUT2D eigenvalue weighted by molar-refractivity contribution is -0.123. The molecule has 1 amide bonds. The standard InChI is InChI=1S/C24H22N2O2S/c1-26(14-7-13-25)24(27)22(23-12-6-15-29-23)17-20-10-5-11-21(16-20)28-18-19-8-3-2-4-9-19/h2-6,8-12,15-17H,7,14,18H2,1H3/b22-17+. The Kier molecular flexibility index (Phi) is 7.21. The zero-order valence-corrected chi connectivity index (χ0v) is 17.1. The van der Waals surface area contributed by atoms with Crippen LogP contribution < -0.4 is 4.74 Å². The molecule has 0 aliphatic carbocycles. The second-order valence-electron chi connectivity index (χ2n) is 6.52. The molecule has 0 aliphatic heterocycles. The molecular weight excluding hydrogens is 380 g/mol. The molecule has 0 saturated carbocycles. The second kappa shape index (κ2) is 10.3. The van der Waals surface area contributed by atoms with E-state index in [2.05, 4.69) is 6.07 Å². The van der Waals surface area contributed by atoms with E-state index in [0.29, 0.717) is 25.1 Å². The molecule has 0 spiro atoms. The maximum atomic E-state index is 13.0. The molecule has 3 rings (SSSR count). The van der Waals surface area contributed by atoms with Gasteiger partial charge in [-0.05, 0) is 40.8 Å². The molecule has 0 N–H and O–H groups in total. The monoisotopic (exact) mass is 402 g/mol. The first-order valence-corrected chi connectivity index (χ1v) is 10.2. The molecule has 1 aromatic heterocycles. The minimum absolute atomic E-state index is 0.0988. The number of carbonyl (C=O) groups excluding carboxylic acids is 1. The van der Waals surface area contributed by atoms with Crippen LogP contribution in [0.2, 0.25) is 0 Å². The quantitative estimate of drug-likeness (QED) is 0.484. The molecule has 1 heterocycles. The first kappa shape index (κ1) is 20.4. The number of amides is 1. The Morgan fingerprint density at radius 2 is 1.97 bits per heavy atom. The fourth-order valence-electron chi connectivity index (χ4n) is 2.80. The smallest absolute Gasteiger partial charge is 0.255 e. The van der Waals surface area contributed by atoms with E-state index in [9.17, 15) is 4.79 Å². The fourth-order valence-corrected chi connectivity index (χ4v) is 3.53. The third-order valence-electron chi connectivity index (χ3n) is 4.34. The summed E-state index contributed by atoms with van der Waals surface area (Å²) >= 11 is 1.52. The number of hydrogen-bond donors (Lipinski definition) is 0. The summed E-state index contributed by atoms with van der Waals surface area (Å²) in [5.41, 5.74) is 2.60. The number of nitrogens with zero attached hydrogens (tertiary/aromatic N) is 2. The van der Waals surface area contributed by atoms with Gasteiger partial charge in [-0.2, -0.15) is 5.26 Å². The predicted molar refractivity (Wildman–Crippen MR) is 117 cm³/mol. The van der Waals surface area contributed by atoms with Gasteiger partial charge in [0.2, 0.25) is 0 Å². The predicted octanol–water partition coefficient (Wildman–Crippen LogP) is 5.24. The Bertz CT molecular complexity index is 1000. The van der Waals surface area contributed by atoms with Crippen LogP contribution in [0.5, 0.6) is 5.75 Å². The normalized spacial score (nSPS) is 11.0. The van der Waals surface area contributed by atoms with Crippen molar-refractivity contribution in [3.8, 4) is 11.8 Å². The van der Waals surface area contributed by atoms with E-state index in [1.54, 1.807) is 11.9 Å². The number of ether oxygens (including phenoxy) is 1. The van der Waals surface area contributed by atoms with Gasteiger partial charge >= 0.3 is 0 Å². The summed E-state index contributed by atoms with van der Waals surface area (Å²) in [6.07, 6.45) is 2.19. The van der Waals surface area contributed by atoms with Crippen molar-refractivity contribution in [1.82, 2.24) is 4.90 Å². The zero-order valence-electron chi connectivity index (χ0n) is 16.2. The summed E-state index contributed by atoms with van der Waals surface area (Å²) < 4.78 is 5.91. The molecule has 0 saturated heterocycles. The average Bonchev–Trinajstić information content (AvgIpc) is 3.29. The molecule has 3 aromatic rings. The van der Waals surface area contributed by atoms with Crippen molar-refractivity contribution in [3.63, 3.8) is 0 Å². The Labute approximate surface area is 175 Å². The van der Waals surface area contributed by atoms with Crippen LogP contribution in [0.4, 0.5) is 0 Å². The molecule has 0 fully saturated rings. The van der Waals surface area contributed by atoms with Crippen LogP contribution in [-0.4, -0.2) is 24.4 Å². The molecule has 4 nitrogen and oxygen atoms in total. The van der Waals surface area contributed by atoms with Crippen molar-refractivity contribution >= 4 is 28.9 Å². The van der Waals surface area contributed by atoms with Crippen LogP contribution in [0, 0.1) is 11.3 Å². The molecule has 146 valence electrons. The van der Waals surface area contributed by atoms with Gasteiger partial charge in [0.25, 0.3) is 5.91 Å². The van der Waals surface area contributed by atoms with Crippen LogP contribution >= 0.6 is 11.3 Å². The number of nitriles is 1. The summed E-state index contributed by atoms with van der Waals surface area (Å²) in [5, 5.41) is 10.8. The maximum Gasteiger partial charge on any atom is 0.255 e. The van der Waals surface area contributed by atoms with Gasteiger partial charge in [0, 0.05) is 18.5 Å². The summed E-state index contributed by atoms with van der Waals surface area (Å²) in [7, 11) is 1.72. The number of thiophene rings is 1. The lowest BCUT2D eigenvalue weighted by Gasteiger charge is -2.17. The number of hydrogen-bond acceptors (Lipinski definition) is 4. The van der Waals surface area contributed by atoms with E-state index in [0.717, 1.165) is 21.8 Å². The number of likely N-dealkylation sites (N-methyl/N-ethyl adjacent to an activating group) is 1. The van der Waals surface area contributed by atoms with Crippen LogP contribution in [0.3, 0.4) is 0 Å². The number of rotatable bonds is 8. The van der Waals surface area contributed by atoms with Gasteiger partial charge in [-0.3, -0.25) is 4.79 Å². The third kappa shape index (κ3) is 5.81. The van der Waals surface area contributed by atoms with Crippen molar-refractivity contribution in [1.29, 1.82) is 5.26 Å². The molecule has 0 bridgehead atoms. The van der Waals surface area contributed by atoms with E-state index in [1.807, 2.05) is 78.2 Å². The van der Waals surface area contributed by atoms with Crippen LogP contribution in [0.25, 0.3) is 11.6 Å². The second-order valence-corrected chi connectivity index (χ2v) is 7.46. The van der Waals surface area contributed by atoms with E-state index < -0.39 is 0 Å². The van der Waals surface area contributed by atoms with Crippen molar-refractivity contribution in [2.45, 2.75) is 13.0 Å². The van der Waals surface area contributed by atoms with Crippen LogP contribution in [0.1, 0.15) is 22.4 Å². The van der Waals surface area contributed by atoms with E-state index >= 15 is 0 Å². The maximum absolute atomic E-state index is 13.0. The van der Waals surface area contributed by atoms with Crippen molar-refractivity contribution in [2.75, 3.05) is 13.6 Å². The molecule has 5 heteroatoms. The van der Waals surface area contributed by atoms with E-state index in [4.69, 9.17) is 10.00 Å². The molecule has 29 heavy (non-hydrogen) atoms. The van der Waals surface area contributed by atoms with Crippen LogP contribution in [0.15, 0.2) is 72.1 Å². The Balaban J connectivity index is 1.82. The third-order valence-corrected chi connectivity index (χ3v) is 5.24. The Hall–Kier alpha value is -3.36. The highest BCUT2D eigenvalue weighted by molar-refractivity contribution is 7.11. The fraction of sp³-hybridized carbons (Fsp3) is 0.167. The van der Waals surface area contributed by atoms with Gasteiger partial charge in [0.05, 0.1) is 18.1 Å². The van der Waals surface area contributed by atoms with Gasteiger partial charge in [0.1, 0.15) is 12.4 Å². The van der Waals surface area contributed by atoms with Gasteiger partial charge in [-0.1, -0.05) is 48.5 Å². The van der Waals surface area contributed by atoms with E-state index in [1.165, 1.54) is 11.3 Å². The van der Waals surface area contributed by atoms with Gasteiger partial charge in [0.15, 0.2) is 0 Å². The highest BCUT2D eigenvalue weighted by Gasteiger charge is 2.17. The minimum Gasteiger partial charge on any atom is -0.489 e. The number of carbonyl (C=O) groups is 1. The lowest BCUT2D eigenvalue weighted by atomic mass is 10.1. The largest absolute Gasteiger partial charge is 0.489 e. The molecular formula is C24H22N2O2S. The van der Waals surface area contributed by atoms with Crippen LogP contribution in [-0.2, 0) is 11.4 Å². The van der Waals surface area contributed by atoms with Crippen molar-refractivity contribution in [3.05, 3.63) is 88.1 Å². The minimum atomic E-state index is -0.0988. The van der Waals surface area contributed by atoms with Gasteiger partial charge in [-0.15, -0.1) is 11.3 Å². The number of benzene rings is 2. The van der Waals surface area contributed by atoms with Gasteiger partial charge in [-0.25, -0.2) is 0 Å². The summed E-state index contributed by atoms with van der Waals surface area (Å²) in [6.45, 7) is 0.889. The summed E-state index contributed by atoms with van der Waals surface area (Å²) in [6, 6.07) is 23.6. The topological polar surface area (TPSA) is 53.3 Å². The Morgan fingerprint density at radius 1 is 1.14 bits per heavy atom. The first-order chi connectivity index (χ1) is 14.2. The molecule has 0 atom stereocenters. The molecule has 0 unspecified atom stereocenters. The summed E-state index contributed by atoms with van der Waals surface area (Å²) in [5.74, 6) is 0.650. The molecule has 0 radical (unpaired) electrons. The summed E-state index contributed by atoms with van der Waals surface area (Å²) in [4.78, 5) is 15.5.